The van der Waals surface area contributed by atoms with E-state index in [1.165, 1.54) is 5.56 Å². The smallest absolute Gasteiger partial charge is 0.107 e. The fourth-order valence-electron chi connectivity index (χ4n) is 1.42. The highest BCUT2D eigenvalue weighted by Crippen LogP contribution is 2.18. The number of hydrogen-bond donors (Lipinski definition) is 1. The average Bonchev–Trinajstić information content (AvgIpc) is 2.99. The zero-order valence-corrected chi connectivity index (χ0v) is 7.52. The second-order valence-electron chi connectivity index (χ2n) is 3.46. The minimum absolute atomic E-state index is 0.115. The Hall–Kier alpha value is -0.860. The van der Waals surface area contributed by atoms with E-state index in [2.05, 4.69) is 12.1 Å². The number of rotatable bonds is 4. The van der Waals surface area contributed by atoms with Crippen LogP contribution in [0.25, 0.3) is 0 Å². The zero-order chi connectivity index (χ0) is 9.10. The van der Waals surface area contributed by atoms with Gasteiger partial charge in [-0.25, -0.2) is 0 Å². The predicted octanol–water partition coefficient (Wildman–Crippen LogP) is 1.38. The first-order valence-electron chi connectivity index (χ1n) is 4.70. The highest BCUT2D eigenvalue weighted by molar-refractivity contribution is 5.14. The van der Waals surface area contributed by atoms with Crippen molar-refractivity contribution in [1.82, 2.24) is 0 Å². The number of aryl methyl sites for hydroxylation is 1. The first-order chi connectivity index (χ1) is 6.36. The fourth-order valence-corrected chi connectivity index (χ4v) is 1.42. The molecule has 1 aromatic rings. The van der Waals surface area contributed by atoms with Crippen molar-refractivity contribution in [3.05, 3.63) is 35.9 Å². The van der Waals surface area contributed by atoms with Crippen LogP contribution in [0.5, 0.6) is 0 Å². The van der Waals surface area contributed by atoms with Crippen LogP contribution in [0.15, 0.2) is 30.3 Å². The third kappa shape index (κ3) is 2.54. The van der Waals surface area contributed by atoms with Crippen molar-refractivity contribution in [2.24, 2.45) is 0 Å². The van der Waals surface area contributed by atoms with E-state index >= 15 is 0 Å². The molecule has 1 aliphatic heterocycles. The Morgan fingerprint density at radius 2 is 2.08 bits per heavy atom. The first-order valence-corrected chi connectivity index (χ1v) is 4.70. The summed E-state index contributed by atoms with van der Waals surface area (Å²) in [7, 11) is 0. The van der Waals surface area contributed by atoms with Gasteiger partial charge >= 0.3 is 0 Å². The van der Waals surface area contributed by atoms with Gasteiger partial charge in [-0.1, -0.05) is 30.3 Å². The normalized spacial score (nSPS) is 22.7. The molecule has 1 aliphatic rings. The Kier molecular flexibility index (Phi) is 2.62. The molecule has 0 radical (unpaired) electrons. The molecule has 0 unspecified atom stereocenters. The Bertz CT molecular complexity index is 254. The van der Waals surface area contributed by atoms with Crippen molar-refractivity contribution in [2.75, 3.05) is 6.61 Å². The lowest BCUT2D eigenvalue weighted by Gasteiger charge is -2.06. The van der Waals surface area contributed by atoms with Crippen LogP contribution in [0.1, 0.15) is 12.0 Å². The summed E-state index contributed by atoms with van der Waals surface area (Å²) < 4.78 is 5.01. The van der Waals surface area contributed by atoms with E-state index in [0.29, 0.717) is 0 Å². The predicted molar refractivity (Wildman–Crippen MR) is 50.5 cm³/mol. The number of epoxide rings is 1. The monoisotopic (exact) mass is 178 g/mol. The number of benzene rings is 1. The molecule has 0 aliphatic carbocycles. The lowest BCUT2D eigenvalue weighted by Crippen LogP contribution is -2.15. The summed E-state index contributed by atoms with van der Waals surface area (Å²) in [6.07, 6.45) is 1.57. The van der Waals surface area contributed by atoms with Crippen LogP contribution in [0.4, 0.5) is 0 Å². The lowest BCUT2D eigenvalue weighted by molar-refractivity contribution is 0.127. The fraction of sp³-hybridized carbons (Fsp3) is 0.455. The van der Waals surface area contributed by atoms with Gasteiger partial charge in [0.25, 0.3) is 0 Å². The molecule has 1 fully saturated rings. The summed E-state index contributed by atoms with van der Waals surface area (Å²) in [5, 5.41) is 9.53. The molecular weight excluding hydrogens is 164 g/mol. The van der Waals surface area contributed by atoms with Gasteiger partial charge in [0.05, 0.1) is 12.7 Å². The maximum absolute atomic E-state index is 9.53. The standard InChI is InChI=1S/C11H14O2/c12-10(11-8-13-11)7-6-9-4-2-1-3-5-9/h1-5,10-12H,6-8H2/t10-,11+/m0/s1. The van der Waals surface area contributed by atoms with Crippen LogP contribution in [0, 0.1) is 0 Å². The molecule has 2 nitrogen and oxygen atoms in total. The average molecular weight is 178 g/mol. The lowest BCUT2D eigenvalue weighted by atomic mass is 10.1. The summed E-state index contributed by atoms with van der Waals surface area (Å²) >= 11 is 0. The number of aliphatic hydroxyl groups excluding tert-OH is 1. The summed E-state index contributed by atoms with van der Waals surface area (Å²) in [4.78, 5) is 0. The Morgan fingerprint density at radius 1 is 1.38 bits per heavy atom. The number of aliphatic hydroxyl groups is 1. The van der Waals surface area contributed by atoms with Gasteiger partial charge in [-0.3, -0.25) is 0 Å². The van der Waals surface area contributed by atoms with Crippen LogP contribution in [0.2, 0.25) is 0 Å². The highest BCUT2D eigenvalue weighted by atomic mass is 16.6. The topological polar surface area (TPSA) is 32.8 Å². The van der Waals surface area contributed by atoms with Gasteiger partial charge in [-0.05, 0) is 18.4 Å². The van der Waals surface area contributed by atoms with E-state index in [0.717, 1.165) is 19.4 Å². The molecule has 1 heterocycles. The van der Waals surface area contributed by atoms with Crippen LogP contribution >= 0.6 is 0 Å². The van der Waals surface area contributed by atoms with Crippen molar-refractivity contribution >= 4 is 0 Å². The molecule has 2 rings (SSSR count). The Labute approximate surface area is 78.2 Å². The molecule has 1 N–H and O–H groups in total. The minimum Gasteiger partial charge on any atom is -0.390 e. The molecule has 0 amide bonds. The molecule has 13 heavy (non-hydrogen) atoms. The molecule has 0 aromatic heterocycles. The van der Waals surface area contributed by atoms with Gasteiger partial charge in [-0.15, -0.1) is 0 Å². The molecule has 0 saturated carbocycles. The molecule has 2 atom stereocenters. The van der Waals surface area contributed by atoms with E-state index < -0.39 is 0 Å². The van der Waals surface area contributed by atoms with Gasteiger partial charge in [0.15, 0.2) is 0 Å². The second-order valence-corrected chi connectivity index (χ2v) is 3.46. The van der Waals surface area contributed by atoms with E-state index in [1.807, 2.05) is 18.2 Å². The largest absolute Gasteiger partial charge is 0.390 e. The summed E-state index contributed by atoms with van der Waals surface area (Å²) in [5.41, 5.74) is 1.28. The van der Waals surface area contributed by atoms with Crippen LogP contribution in [-0.2, 0) is 11.2 Å². The highest BCUT2D eigenvalue weighted by Gasteiger charge is 2.30. The minimum atomic E-state index is -0.278. The van der Waals surface area contributed by atoms with Crippen molar-refractivity contribution in [1.29, 1.82) is 0 Å². The maximum Gasteiger partial charge on any atom is 0.107 e. The molecule has 70 valence electrons. The van der Waals surface area contributed by atoms with Crippen molar-refractivity contribution < 1.29 is 9.84 Å². The van der Waals surface area contributed by atoms with E-state index in [4.69, 9.17) is 4.74 Å². The van der Waals surface area contributed by atoms with Crippen molar-refractivity contribution in [3.63, 3.8) is 0 Å². The molecule has 0 spiro atoms. The third-order valence-corrected chi connectivity index (χ3v) is 2.36. The van der Waals surface area contributed by atoms with Gasteiger partial charge in [0.1, 0.15) is 6.10 Å². The maximum atomic E-state index is 9.53. The van der Waals surface area contributed by atoms with Crippen LogP contribution in [0.3, 0.4) is 0 Å². The molecule has 1 aromatic carbocycles. The third-order valence-electron chi connectivity index (χ3n) is 2.36. The van der Waals surface area contributed by atoms with Gasteiger partial charge in [0.2, 0.25) is 0 Å². The van der Waals surface area contributed by atoms with Gasteiger partial charge in [-0.2, -0.15) is 0 Å². The van der Waals surface area contributed by atoms with Gasteiger partial charge in [0, 0.05) is 0 Å². The van der Waals surface area contributed by atoms with Crippen molar-refractivity contribution in [3.8, 4) is 0 Å². The van der Waals surface area contributed by atoms with Crippen LogP contribution < -0.4 is 0 Å². The summed E-state index contributed by atoms with van der Waals surface area (Å²) in [6, 6.07) is 10.2. The van der Waals surface area contributed by atoms with Crippen LogP contribution in [-0.4, -0.2) is 23.9 Å². The van der Waals surface area contributed by atoms with Gasteiger partial charge < -0.3 is 9.84 Å². The zero-order valence-electron chi connectivity index (χ0n) is 7.52. The van der Waals surface area contributed by atoms with E-state index in [1.54, 1.807) is 0 Å². The summed E-state index contributed by atoms with van der Waals surface area (Å²) in [6.45, 7) is 0.732. The number of hydrogen-bond acceptors (Lipinski definition) is 2. The Balaban J connectivity index is 1.78. The first kappa shape index (κ1) is 8.73. The van der Waals surface area contributed by atoms with Crippen molar-refractivity contribution in [2.45, 2.75) is 25.0 Å². The second kappa shape index (κ2) is 3.90. The molecule has 0 bridgehead atoms. The molecule has 1 saturated heterocycles. The quantitative estimate of drug-likeness (QED) is 0.706. The molecular formula is C11H14O2. The molecule has 2 heteroatoms. The number of ether oxygens (including phenoxy) is 1. The SMILES string of the molecule is O[C@@H](CCc1ccccc1)[C@H]1CO1. The Morgan fingerprint density at radius 3 is 2.69 bits per heavy atom. The van der Waals surface area contributed by atoms with E-state index in [9.17, 15) is 5.11 Å². The van der Waals surface area contributed by atoms with E-state index in [-0.39, 0.29) is 12.2 Å². The summed E-state index contributed by atoms with van der Waals surface area (Å²) in [5.74, 6) is 0.